The van der Waals surface area contributed by atoms with Crippen LogP contribution in [0.3, 0.4) is 0 Å². The Hall–Kier alpha value is -2.91. The summed E-state index contributed by atoms with van der Waals surface area (Å²) in [5, 5.41) is 9.60. The van der Waals surface area contributed by atoms with Crippen molar-refractivity contribution in [2.75, 3.05) is 0 Å². The molecule has 0 atom stereocenters. The molecule has 0 heterocycles. The average Bonchev–Trinajstić information content (AvgIpc) is 2.59. The molecular weight excluding hydrogens is 358 g/mol. The highest BCUT2D eigenvalue weighted by Crippen LogP contribution is 2.15. The van der Waals surface area contributed by atoms with Crippen LogP contribution in [-0.2, 0) is 10.0 Å². The van der Waals surface area contributed by atoms with E-state index >= 15 is 0 Å². The molecule has 0 aliphatic rings. The first-order valence-corrected chi connectivity index (χ1v) is 9.20. The number of hydrogen-bond donors (Lipinski definition) is 4. The van der Waals surface area contributed by atoms with Crippen LogP contribution in [0.5, 0.6) is 5.75 Å². The number of carbonyl (C=O) groups excluding carboxylic acids is 2. The molecule has 8 nitrogen and oxygen atoms in total. The smallest absolute Gasteiger partial charge is 0.273 e. The predicted octanol–water partition coefficient (Wildman–Crippen LogP) is 1.15. The topological polar surface area (TPSA) is 125 Å². The third kappa shape index (κ3) is 4.80. The van der Waals surface area contributed by atoms with Gasteiger partial charge in [-0.15, -0.1) is 0 Å². The van der Waals surface area contributed by atoms with E-state index in [0.29, 0.717) is 0 Å². The second-order valence-corrected chi connectivity index (χ2v) is 7.44. The molecule has 2 aromatic rings. The SMILES string of the molecule is CC(C)NS(=O)(=O)c1ccc(C(=O)NNC(=O)c2ccccc2O)cc1. The van der Waals surface area contributed by atoms with Crippen LogP contribution >= 0.6 is 0 Å². The van der Waals surface area contributed by atoms with Crippen molar-refractivity contribution in [3.05, 3.63) is 59.7 Å². The van der Waals surface area contributed by atoms with Gasteiger partial charge in [0.05, 0.1) is 10.5 Å². The van der Waals surface area contributed by atoms with Crippen LogP contribution < -0.4 is 15.6 Å². The maximum absolute atomic E-state index is 12.1. The van der Waals surface area contributed by atoms with E-state index in [1.807, 2.05) is 0 Å². The summed E-state index contributed by atoms with van der Waals surface area (Å²) in [6.45, 7) is 3.40. The molecule has 0 saturated carbocycles. The second kappa shape index (κ2) is 7.98. The summed E-state index contributed by atoms with van der Waals surface area (Å²) in [6.07, 6.45) is 0. The molecule has 2 rings (SSSR count). The van der Waals surface area contributed by atoms with Gasteiger partial charge in [-0.3, -0.25) is 20.4 Å². The number of sulfonamides is 1. The molecule has 0 radical (unpaired) electrons. The Morgan fingerprint density at radius 3 is 2.08 bits per heavy atom. The number of nitrogens with one attached hydrogen (secondary N) is 3. The van der Waals surface area contributed by atoms with Crippen LogP contribution in [0.15, 0.2) is 53.4 Å². The van der Waals surface area contributed by atoms with Crippen LogP contribution in [0.25, 0.3) is 0 Å². The first-order chi connectivity index (χ1) is 12.2. The second-order valence-electron chi connectivity index (χ2n) is 5.73. The minimum atomic E-state index is -3.65. The van der Waals surface area contributed by atoms with E-state index in [-0.39, 0.29) is 27.8 Å². The minimum absolute atomic E-state index is 0.00833. The lowest BCUT2D eigenvalue weighted by molar-refractivity contribution is 0.0845. The number of carbonyl (C=O) groups is 2. The van der Waals surface area contributed by atoms with E-state index in [2.05, 4.69) is 15.6 Å². The third-order valence-corrected chi connectivity index (χ3v) is 4.93. The van der Waals surface area contributed by atoms with Crippen LogP contribution in [0.2, 0.25) is 0 Å². The van der Waals surface area contributed by atoms with Gasteiger partial charge in [-0.1, -0.05) is 12.1 Å². The number of rotatable bonds is 5. The van der Waals surface area contributed by atoms with Crippen molar-refractivity contribution in [1.82, 2.24) is 15.6 Å². The Labute approximate surface area is 151 Å². The fourth-order valence-corrected chi connectivity index (χ4v) is 3.33. The van der Waals surface area contributed by atoms with Gasteiger partial charge in [0.25, 0.3) is 11.8 Å². The number of benzene rings is 2. The fraction of sp³-hybridized carbons (Fsp3) is 0.176. The van der Waals surface area contributed by atoms with Crippen molar-refractivity contribution in [2.24, 2.45) is 0 Å². The largest absolute Gasteiger partial charge is 0.507 e. The summed E-state index contributed by atoms with van der Waals surface area (Å²) in [4.78, 5) is 24.0. The van der Waals surface area contributed by atoms with Crippen molar-refractivity contribution < 1.29 is 23.1 Å². The fourth-order valence-electron chi connectivity index (χ4n) is 2.08. The molecule has 138 valence electrons. The average molecular weight is 377 g/mol. The highest BCUT2D eigenvalue weighted by atomic mass is 32.2. The third-order valence-electron chi connectivity index (χ3n) is 3.26. The normalized spacial score (nSPS) is 11.2. The van der Waals surface area contributed by atoms with Gasteiger partial charge in [0.2, 0.25) is 10.0 Å². The number of phenolic OH excluding ortho intramolecular Hbond substituents is 1. The molecule has 9 heteroatoms. The van der Waals surface area contributed by atoms with Gasteiger partial charge in [-0.25, -0.2) is 13.1 Å². The van der Waals surface area contributed by atoms with Gasteiger partial charge < -0.3 is 5.11 Å². The number of hydrazine groups is 1. The number of amides is 2. The maximum atomic E-state index is 12.1. The highest BCUT2D eigenvalue weighted by molar-refractivity contribution is 7.89. The molecule has 2 amide bonds. The van der Waals surface area contributed by atoms with Crippen LogP contribution in [-0.4, -0.2) is 31.4 Å². The van der Waals surface area contributed by atoms with Gasteiger partial charge in [0, 0.05) is 11.6 Å². The molecule has 0 saturated heterocycles. The summed E-state index contributed by atoms with van der Waals surface area (Å²) < 4.78 is 26.5. The number of para-hydroxylation sites is 1. The van der Waals surface area contributed by atoms with Gasteiger partial charge in [0.15, 0.2) is 0 Å². The lowest BCUT2D eigenvalue weighted by Gasteiger charge is -2.11. The Morgan fingerprint density at radius 1 is 0.923 bits per heavy atom. The van der Waals surface area contributed by atoms with Crippen LogP contribution in [0, 0.1) is 0 Å². The molecular formula is C17H19N3O5S. The van der Waals surface area contributed by atoms with Crippen LogP contribution in [0.1, 0.15) is 34.6 Å². The Kier molecular flexibility index (Phi) is 5.96. The maximum Gasteiger partial charge on any atom is 0.273 e. The number of phenols is 1. The van der Waals surface area contributed by atoms with Crippen molar-refractivity contribution in [3.8, 4) is 5.75 Å². The van der Waals surface area contributed by atoms with Crippen molar-refractivity contribution in [3.63, 3.8) is 0 Å². The molecule has 0 fully saturated rings. The first kappa shape index (κ1) is 19.4. The summed E-state index contributed by atoms with van der Waals surface area (Å²) in [7, 11) is -3.65. The van der Waals surface area contributed by atoms with E-state index in [0.717, 1.165) is 0 Å². The summed E-state index contributed by atoms with van der Waals surface area (Å²) in [5.41, 5.74) is 4.55. The van der Waals surface area contributed by atoms with E-state index < -0.39 is 21.8 Å². The van der Waals surface area contributed by atoms with Crippen molar-refractivity contribution >= 4 is 21.8 Å². The number of hydrogen-bond acceptors (Lipinski definition) is 5. The van der Waals surface area contributed by atoms with Gasteiger partial charge in [-0.05, 0) is 50.2 Å². The van der Waals surface area contributed by atoms with Crippen LogP contribution in [0.4, 0.5) is 0 Å². The molecule has 0 unspecified atom stereocenters. The lowest BCUT2D eigenvalue weighted by Crippen LogP contribution is -2.41. The van der Waals surface area contributed by atoms with E-state index in [4.69, 9.17) is 0 Å². The molecule has 0 aliphatic heterocycles. The molecule has 2 aromatic carbocycles. The molecule has 0 aromatic heterocycles. The molecule has 4 N–H and O–H groups in total. The van der Waals surface area contributed by atoms with Crippen molar-refractivity contribution in [2.45, 2.75) is 24.8 Å². The Morgan fingerprint density at radius 2 is 1.50 bits per heavy atom. The predicted molar refractivity (Wildman–Crippen MR) is 94.9 cm³/mol. The summed E-state index contributed by atoms with van der Waals surface area (Å²) >= 11 is 0. The first-order valence-electron chi connectivity index (χ1n) is 7.72. The standard InChI is InChI=1S/C17H19N3O5S/c1-11(2)20-26(24,25)13-9-7-12(8-10-13)16(22)18-19-17(23)14-5-3-4-6-15(14)21/h3-11,20-21H,1-2H3,(H,18,22)(H,19,23). The summed E-state index contributed by atoms with van der Waals surface area (Å²) in [5.74, 6) is -1.53. The van der Waals surface area contributed by atoms with Gasteiger partial charge in [-0.2, -0.15) is 0 Å². The molecule has 26 heavy (non-hydrogen) atoms. The van der Waals surface area contributed by atoms with Gasteiger partial charge in [0.1, 0.15) is 5.75 Å². The quantitative estimate of drug-likeness (QED) is 0.582. The van der Waals surface area contributed by atoms with E-state index in [9.17, 15) is 23.1 Å². The summed E-state index contributed by atoms with van der Waals surface area (Å²) in [6, 6.07) is 10.9. The Balaban J connectivity index is 2.02. The zero-order valence-electron chi connectivity index (χ0n) is 14.2. The van der Waals surface area contributed by atoms with Crippen molar-refractivity contribution in [1.29, 1.82) is 0 Å². The zero-order chi connectivity index (χ0) is 19.3. The monoisotopic (exact) mass is 377 g/mol. The minimum Gasteiger partial charge on any atom is -0.507 e. The Bertz CT molecular complexity index is 908. The highest BCUT2D eigenvalue weighted by Gasteiger charge is 2.16. The molecule has 0 bridgehead atoms. The zero-order valence-corrected chi connectivity index (χ0v) is 15.0. The lowest BCUT2D eigenvalue weighted by atomic mass is 10.2. The van der Waals surface area contributed by atoms with E-state index in [1.54, 1.807) is 26.0 Å². The molecule has 0 aliphatic carbocycles. The van der Waals surface area contributed by atoms with E-state index in [1.165, 1.54) is 36.4 Å². The molecule has 0 spiro atoms. The van der Waals surface area contributed by atoms with Gasteiger partial charge >= 0.3 is 0 Å². The number of aromatic hydroxyl groups is 1.